The van der Waals surface area contributed by atoms with Crippen molar-refractivity contribution in [3.05, 3.63) is 16.1 Å². The molecule has 0 saturated heterocycles. The molecule has 0 fully saturated rings. The molecule has 0 radical (unpaired) electrons. The minimum Gasteiger partial charge on any atom is -0.356 e. The molecule has 1 aromatic rings. The van der Waals surface area contributed by atoms with Crippen molar-refractivity contribution in [2.75, 3.05) is 26.7 Å². The molecule has 0 saturated carbocycles. The molecule has 1 aliphatic rings. The standard InChI is InChI=1S/C10H16N4S/c1-8-13-9(7-15-8)3-4-11-10-12-5-6-14(10)2/h7H,3-6H2,1-2H3,(H,11,12). The van der Waals surface area contributed by atoms with Crippen LogP contribution in [0, 0.1) is 6.92 Å². The lowest BCUT2D eigenvalue weighted by Gasteiger charge is -2.14. The Morgan fingerprint density at radius 3 is 3.07 bits per heavy atom. The maximum absolute atomic E-state index is 4.42. The van der Waals surface area contributed by atoms with Crippen molar-refractivity contribution in [3.8, 4) is 0 Å². The molecule has 15 heavy (non-hydrogen) atoms. The van der Waals surface area contributed by atoms with E-state index < -0.39 is 0 Å². The minimum absolute atomic E-state index is 0.909. The van der Waals surface area contributed by atoms with Crippen LogP contribution in [-0.2, 0) is 6.42 Å². The van der Waals surface area contributed by atoms with Crippen molar-refractivity contribution in [2.24, 2.45) is 4.99 Å². The monoisotopic (exact) mass is 224 g/mol. The smallest absolute Gasteiger partial charge is 0.193 e. The fourth-order valence-corrected chi connectivity index (χ4v) is 2.20. The zero-order chi connectivity index (χ0) is 10.7. The van der Waals surface area contributed by atoms with Crippen LogP contribution in [0.2, 0.25) is 0 Å². The number of guanidine groups is 1. The Labute approximate surface area is 94.0 Å². The van der Waals surface area contributed by atoms with E-state index in [1.807, 2.05) is 6.92 Å². The molecule has 2 heterocycles. The first-order valence-corrected chi connectivity index (χ1v) is 6.04. The second-order valence-corrected chi connectivity index (χ2v) is 4.72. The molecule has 0 spiro atoms. The van der Waals surface area contributed by atoms with Crippen LogP contribution in [0.4, 0.5) is 0 Å². The van der Waals surface area contributed by atoms with Crippen LogP contribution in [0.5, 0.6) is 0 Å². The molecular weight excluding hydrogens is 208 g/mol. The Bertz CT molecular complexity index is 358. The number of hydrogen-bond donors (Lipinski definition) is 1. The van der Waals surface area contributed by atoms with Crippen molar-refractivity contribution < 1.29 is 0 Å². The Balaban J connectivity index is 1.75. The van der Waals surface area contributed by atoms with Gasteiger partial charge in [-0.1, -0.05) is 0 Å². The lowest BCUT2D eigenvalue weighted by Crippen LogP contribution is -2.36. The summed E-state index contributed by atoms with van der Waals surface area (Å²) in [5, 5.41) is 6.59. The number of aliphatic imine (C=N–C) groups is 1. The molecule has 4 nitrogen and oxygen atoms in total. The third kappa shape index (κ3) is 2.68. The number of aromatic nitrogens is 1. The lowest BCUT2D eigenvalue weighted by atomic mass is 10.3. The number of aryl methyl sites for hydroxylation is 1. The first kappa shape index (κ1) is 10.4. The lowest BCUT2D eigenvalue weighted by molar-refractivity contribution is 0.534. The quantitative estimate of drug-likeness (QED) is 0.829. The van der Waals surface area contributed by atoms with Gasteiger partial charge in [0.15, 0.2) is 5.96 Å². The van der Waals surface area contributed by atoms with Gasteiger partial charge in [0.25, 0.3) is 0 Å². The molecule has 82 valence electrons. The minimum atomic E-state index is 0.909. The van der Waals surface area contributed by atoms with E-state index in [9.17, 15) is 0 Å². The van der Waals surface area contributed by atoms with Crippen LogP contribution in [0.15, 0.2) is 10.4 Å². The van der Waals surface area contributed by atoms with Gasteiger partial charge in [-0.2, -0.15) is 0 Å². The third-order valence-electron chi connectivity index (χ3n) is 2.39. The highest BCUT2D eigenvalue weighted by molar-refractivity contribution is 7.09. The highest BCUT2D eigenvalue weighted by Crippen LogP contribution is 2.07. The third-order valence-corrected chi connectivity index (χ3v) is 3.21. The molecule has 0 amide bonds. The molecule has 1 N–H and O–H groups in total. The Kier molecular flexibility index (Phi) is 3.20. The van der Waals surface area contributed by atoms with Gasteiger partial charge < -0.3 is 10.2 Å². The van der Waals surface area contributed by atoms with Gasteiger partial charge in [-0.25, -0.2) is 4.98 Å². The number of nitrogens with one attached hydrogen (secondary N) is 1. The fourth-order valence-electron chi connectivity index (χ4n) is 1.55. The Morgan fingerprint density at radius 1 is 1.60 bits per heavy atom. The van der Waals surface area contributed by atoms with Crippen LogP contribution in [-0.4, -0.2) is 42.5 Å². The number of hydrogen-bond acceptors (Lipinski definition) is 5. The molecule has 0 atom stereocenters. The predicted molar refractivity (Wildman–Crippen MR) is 63.5 cm³/mol. The number of nitrogens with zero attached hydrogens (tertiary/aromatic N) is 3. The van der Waals surface area contributed by atoms with Gasteiger partial charge in [0.05, 0.1) is 17.2 Å². The largest absolute Gasteiger partial charge is 0.356 e. The topological polar surface area (TPSA) is 40.5 Å². The van der Waals surface area contributed by atoms with Gasteiger partial charge >= 0.3 is 0 Å². The summed E-state index contributed by atoms with van der Waals surface area (Å²) in [6.07, 6.45) is 0.969. The number of thiazole rings is 1. The highest BCUT2D eigenvalue weighted by Gasteiger charge is 2.10. The van der Waals surface area contributed by atoms with Crippen LogP contribution < -0.4 is 5.32 Å². The van der Waals surface area contributed by atoms with E-state index in [1.54, 1.807) is 11.3 Å². The van der Waals surface area contributed by atoms with E-state index in [1.165, 1.54) is 5.69 Å². The summed E-state index contributed by atoms with van der Waals surface area (Å²) in [6.45, 7) is 4.88. The molecule has 0 unspecified atom stereocenters. The second-order valence-electron chi connectivity index (χ2n) is 3.66. The van der Waals surface area contributed by atoms with E-state index in [0.717, 1.165) is 37.0 Å². The zero-order valence-electron chi connectivity index (χ0n) is 9.16. The van der Waals surface area contributed by atoms with Gasteiger partial charge in [0.2, 0.25) is 0 Å². The summed E-state index contributed by atoms with van der Waals surface area (Å²) in [4.78, 5) is 10.9. The molecule has 1 aromatic heterocycles. The summed E-state index contributed by atoms with van der Waals surface area (Å²) in [5.41, 5.74) is 1.17. The average molecular weight is 224 g/mol. The molecule has 1 aliphatic heterocycles. The summed E-state index contributed by atoms with van der Waals surface area (Å²) in [6, 6.07) is 0. The van der Waals surface area contributed by atoms with Gasteiger partial charge in [0, 0.05) is 31.9 Å². The highest BCUT2D eigenvalue weighted by atomic mass is 32.1. The van der Waals surface area contributed by atoms with Gasteiger partial charge in [-0.05, 0) is 6.92 Å². The average Bonchev–Trinajstić information content (AvgIpc) is 2.77. The molecular formula is C10H16N4S. The number of likely N-dealkylation sites (N-methyl/N-ethyl adjacent to an activating group) is 1. The van der Waals surface area contributed by atoms with E-state index >= 15 is 0 Å². The van der Waals surface area contributed by atoms with Crippen molar-refractivity contribution in [1.29, 1.82) is 0 Å². The first-order valence-electron chi connectivity index (χ1n) is 5.16. The maximum atomic E-state index is 4.42. The van der Waals surface area contributed by atoms with Crippen LogP contribution >= 0.6 is 11.3 Å². The van der Waals surface area contributed by atoms with Crippen molar-refractivity contribution in [3.63, 3.8) is 0 Å². The Morgan fingerprint density at radius 2 is 2.47 bits per heavy atom. The van der Waals surface area contributed by atoms with Crippen molar-refractivity contribution >= 4 is 17.3 Å². The first-order chi connectivity index (χ1) is 7.25. The zero-order valence-corrected chi connectivity index (χ0v) is 9.97. The SMILES string of the molecule is Cc1nc(CCNC2=NCCN2C)cs1. The molecule has 0 bridgehead atoms. The Hall–Kier alpha value is -1.10. The van der Waals surface area contributed by atoms with Crippen LogP contribution in [0.25, 0.3) is 0 Å². The maximum Gasteiger partial charge on any atom is 0.193 e. The molecule has 0 aliphatic carbocycles. The van der Waals surface area contributed by atoms with Crippen molar-refractivity contribution in [2.45, 2.75) is 13.3 Å². The fraction of sp³-hybridized carbons (Fsp3) is 0.600. The van der Waals surface area contributed by atoms with E-state index in [0.29, 0.717) is 0 Å². The van der Waals surface area contributed by atoms with Crippen LogP contribution in [0.1, 0.15) is 10.7 Å². The summed E-state index contributed by atoms with van der Waals surface area (Å²) in [7, 11) is 2.06. The molecule has 2 rings (SSSR count). The summed E-state index contributed by atoms with van der Waals surface area (Å²) in [5.74, 6) is 1.02. The second kappa shape index (κ2) is 4.61. The summed E-state index contributed by atoms with van der Waals surface area (Å²) < 4.78 is 0. The van der Waals surface area contributed by atoms with Crippen molar-refractivity contribution in [1.82, 2.24) is 15.2 Å². The molecule has 0 aromatic carbocycles. The van der Waals surface area contributed by atoms with E-state index in [-0.39, 0.29) is 0 Å². The predicted octanol–water partition coefficient (Wildman–Crippen LogP) is 0.885. The normalized spacial score (nSPS) is 15.6. The molecule has 5 heteroatoms. The van der Waals surface area contributed by atoms with Crippen LogP contribution in [0.3, 0.4) is 0 Å². The van der Waals surface area contributed by atoms with E-state index in [2.05, 4.69) is 32.6 Å². The van der Waals surface area contributed by atoms with E-state index in [4.69, 9.17) is 0 Å². The van der Waals surface area contributed by atoms with Gasteiger partial charge in [-0.15, -0.1) is 11.3 Å². The van der Waals surface area contributed by atoms with Gasteiger partial charge in [0.1, 0.15) is 0 Å². The van der Waals surface area contributed by atoms with Gasteiger partial charge in [-0.3, -0.25) is 4.99 Å². The number of rotatable bonds is 3. The summed E-state index contributed by atoms with van der Waals surface area (Å²) >= 11 is 1.71.